The number of sulfonamides is 1. The number of hydrogen-bond donors (Lipinski definition) is 2. The fourth-order valence-electron chi connectivity index (χ4n) is 2.26. The number of aryl methyl sites for hydroxylation is 1. The predicted octanol–water partition coefficient (Wildman–Crippen LogP) is 3.53. The summed E-state index contributed by atoms with van der Waals surface area (Å²) in [5.74, 6) is 0. The average molecular weight is 300 g/mol. The van der Waals surface area contributed by atoms with Crippen LogP contribution in [0.5, 0.6) is 0 Å². The van der Waals surface area contributed by atoms with E-state index in [1.807, 2.05) is 43.3 Å². The van der Waals surface area contributed by atoms with Crippen LogP contribution in [0.3, 0.4) is 0 Å². The summed E-state index contributed by atoms with van der Waals surface area (Å²) in [6, 6.07) is 14.5. The second-order valence-corrected chi connectivity index (χ2v) is 6.53. The standard InChI is InChI=1S/C16H16N2O2S/c1-2-12-7-9-13(10-8-12)21(19,20)18-16-11-17-15-6-4-3-5-14(15)16/h3-11,17-18H,2H2,1H3. The lowest BCUT2D eigenvalue weighted by molar-refractivity contribution is 0.601. The van der Waals surface area contributed by atoms with E-state index in [-0.39, 0.29) is 4.90 Å². The molecular weight excluding hydrogens is 284 g/mol. The molecule has 5 heteroatoms. The number of H-pyrrole nitrogens is 1. The first-order chi connectivity index (χ1) is 10.1. The molecule has 0 unspecified atom stereocenters. The molecule has 0 aliphatic rings. The molecule has 1 aromatic heterocycles. The number of aromatic nitrogens is 1. The number of para-hydroxylation sites is 1. The SMILES string of the molecule is CCc1ccc(S(=O)(=O)Nc2c[nH]c3ccccc23)cc1. The lowest BCUT2D eigenvalue weighted by Gasteiger charge is -2.07. The van der Waals surface area contributed by atoms with Gasteiger partial charge in [0.2, 0.25) is 0 Å². The Morgan fingerprint density at radius 2 is 1.76 bits per heavy atom. The topological polar surface area (TPSA) is 62.0 Å². The summed E-state index contributed by atoms with van der Waals surface area (Å²) in [4.78, 5) is 3.32. The highest BCUT2D eigenvalue weighted by Gasteiger charge is 2.15. The van der Waals surface area contributed by atoms with Crippen LogP contribution in [-0.4, -0.2) is 13.4 Å². The maximum atomic E-state index is 12.4. The van der Waals surface area contributed by atoms with Crippen molar-refractivity contribution in [2.45, 2.75) is 18.2 Å². The van der Waals surface area contributed by atoms with E-state index >= 15 is 0 Å². The van der Waals surface area contributed by atoms with E-state index in [9.17, 15) is 8.42 Å². The van der Waals surface area contributed by atoms with E-state index in [1.165, 1.54) is 0 Å². The summed E-state index contributed by atoms with van der Waals surface area (Å²) in [5, 5.41) is 0.853. The van der Waals surface area contributed by atoms with Crippen LogP contribution in [0.2, 0.25) is 0 Å². The van der Waals surface area contributed by atoms with Crippen LogP contribution in [0.1, 0.15) is 12.5 Å². The Morgan fingerprint density at radius 3 is 2.48 bits per heavy atom. The van der Waals surface area contributed by atoms with Gasteiger partial charge in [-0.2, -0.15) is 0 Å². The molecule has 2 N–H and O–H groups in total. The fourth-order valence-corrected chi connectivity index (χ4v) is 3.33. The van der Waals surface area contributed by atoms with Crippen LogP contribution in [-0.2, 0) is 16.4 Å². The molecule has 0 saturated carbocycles. The van der Waals surface area contributed by atoms with E-state index in [1.54, 1.807) is 18.3 Å². The molecule has 0 aliphatic carbocycles. The van der Waals surface area contributed by atoms with Crippen molar-refractivity contribution in [3.63, 3.8) is 0 Å². The number of hydrogen-bond acceptors (Lipinski definition) is 2. The summed E-state index contributed by atoms with van der Waals surface area (Å²) >= 11 is 0. The van der Waals surface area contributed by atoms with Gasteiger partial charge in [0.05, 0.1) is 10.6 Å². The first-order valence-corrected chi connectivity index (χ1v) is 8.26. The predicted molar refractivity (Wildman–Crippen MR) is 84.9 cm³/mol. The molecule has 0 atom stereocenters. The van der Waals surface area contributed by atoms with E-state index in [0.29, 0.717) is 5.69 Å². The lowest BCUT2D eigenvalue weighted by Crippen LogP contribution is -2.12. The van der Waals surface area contributed by atoms with Crippen molar-refractivity contribution in [3.8, 4) is 0 Å². The monoisotopic (exact) mass is 300 g/mol. The molecule has 108 valence electrons. The van der Waals surface area contributed by atoms with Crippen molar-refractivity contribution in [2.75, 3.05) is 4.72 Å². The minimum atomic E-state index is -3.57. The van der Waals surface area contributed by atoms with Gasteiger partial charge in [0, 0.05) is 17.1 Å². The van der Waals surface area contributed by atoms with Gasteiger partial charge in [-0.15, -0.1) is 0 Å². The van der Waals surface area contributed by atoms with Crippen LogP contribution in [0.15, 0.2) is 59.6 Å². The van der Waals surface area contributed by atoms with Gasteiger partial charge in [0.15, 0.2) is 0 Å². The van der Waals surface area contributed by atoms with Gasteiger partial charge in [-0.1, -0.05) is 37.3 Å². The van der Waals surface area contributed by atoms with Crippen molar-refractivity contribution >= 4 is 26.6 Å². The Balaban J connectivity index is 1.95. The first-order valence-electron chi connectivity index (χ1n) is 6.78. The molecule has 21 heavy (non-hydrogen) atoms. The fraction of sp³-hybridized carbons (Fsp3) is 0.125. The number of fused-ring (bicyclic) bond motifs is 1. The molecule has 3 aromatic rings. The van der Waals surface area contributed by atoms with E-state index in [4.69, 9.17) is 0 Å². The molecule has 2 aromatic carbocycles. The normalized spacial score (nSPS) is 11.7. The molecule has 0 bridgehead atoms. The third-order valence-corrected chi connectivity index (χ3v) is 4.86. The van der Waals surface area contributed by atoms with Gasteiger partial charge in [0.1, 0.15) is 0 Å². The molecule has 1 heterocycles. The molecule has 0 saturated heterocycles. The van der Waals surface area contributed by atoms with Crippen LogP contribution >= 0.6 is 0 Å². The molecule has 0 radical (unpaired) electrons. The summed E-state index contributed by atoms with van der Waals surface area (Å²) in [7, 11) is -3.57. The first kappa shape index (κ1) is 13.7. The minimum absolute atomic E-state index is 0.269. The van der Waals surface area contributed by atoms with Crippen molar-refractivity contribution in [1.29, 1.82) is 0 Å². The summed E-state index contributed by atoms with van der Waals surface area (Å²) in [6.45, 7) is 2.04. The number of nitrogens with one attached hydrogen (secondary N) is 2. The minimum Gasteiger partial charge on any atom is -0.359 e. The van der Waals surface area contributed by atoms with Crippen LogP contribution in [0.4, 0.5) is 5.69 Å². The second kappa shape index (κ2) is 5.26. The maximum absolute atomic E-state index is 12.4. The van der Waals surface area contributed by atoms with Crippen molar-refractivity contribution in [1.82, 2.24) is 4.98 Å². The van der Waals surface area contributed by atoms with Gasteiger partial charge >= 0.3 is 0 Å². The quantitative estimate of drug-likeness (QED) is 0.774. The molecule has 3 rings (SSSR count). The Hall–Kier alpha value is -2.27. The van der Waals surface area contributed by atoms with Gasteiger partial charge < -0.3 is 4.98 Å². The van der Waals surface area contributed by atoms with E-state index < -0.39 is 10.0 Å². The maximum Gasteiger partial charge on any atom is 0.261 e. The Labute approximate surface area is 123 Å². The zero-order valence-electron chi connectivity index (χ0n) is 11.6. The largest absolute Gasteiger partial charge is 0.359 e. The number of anilines is 1. The van der Waals surface area contributed by atoms with E-state index in [2.05, 4.69) is 9.71 Å². The Bertz CT molecular complexity index is 865. The van der Waals surface area contributed by atoms with Gasteiger partial charge in [-0.05, 0) is 30.2 Å². The summed E-state index contributed by atoms with van der Waals surface area (Å²) < 4.78 is 27.5. The van der Waals surface area contributed by atoms with E-state index in [0.717, 1.165) is 22.9 Å². The second-order valence-electron chi connectivity index (χ2n) is 4.85. The molecule has 0 amide bonds. The van der Waals surface area contributed by atoms with Crippen LogP contribution in [0, 0.1) is 0 Å². The number of aromatic amines is 1. The van der Waals surface area contributed by atoms with Crippen molar-refractivity contribution < 1.29 is 8.42 Å². The highest BCUT2D eigenvalue weighted by atomic mass is 32.2. The van der Waals surface area contributed by atoms with Crippen LogP contribution in [0.25, 0.3) is 10.9 Å². The van der Waals surface area contributed by atoms with Gasteiger partial charge in [-0.3, -0.25) is 4.72 Å². The Morgan fingerprint density at radius 1 is 1.05 bits per heavy atom. The molecule has 0 spiro atoms. The third-order valence-electron chi connectivity index (χ3n) is 3.48. The smallest absolute Gasteiger partial charge is 0.261 e. The molecular formula is C16H16N2O2S. The zero-order chi connectivity index (χ0) is 14.9. The third kappa shape index (κ3) is 2.64. The van der Waals surface area contributed by atoms with Gasteiger partial charge in [0.25, 0.3) is 10.0 Å². The van der Waals surface area contributed by atoms with Crippen LogP contribution < -0.4 is 4.72 Å². The molecule has 4 nitrogen and oxygen atoms in total. The van der Waals surface area contributed by atoms with Gasteiger partial charge in [-0.25, -0.2) is 8.42 Å². The lowest BCUT2D eigenvalue weighted by atomic mass is 10.2. The average Bonchev–Trinajstić information content (AvgIpc) is 2.90. The highest BCUT2D eigenvalue weighted by Crippen LogP contribution is 2.25. The molecule has 0 aliphatic heterocycles. The highest BCUT2D eigenvalue weighted by molar-refractivity contribution is 7.92. The zero-order valence-corrected chi connectivity index (χ0v) is 12.4. The number of benzene rings is 2. The summed E-state index contributed by atoms with van der Waals surface area (Å²) in [5.41, 5.74) is 2.57. The van der Waals surface area contributed by atoms with Crippen molar-refractivity contribution in [2.24, 2.45) is 0 Å². The molecule has 0 fully saturated rings. The van der Waals surface area contributed by atoms with Crippen molar-refractivity contribution in [3.05, 3.63) is 60.3 Å². The summed E-state index contributed by atoms with van der Waals surface area (Å²) in [6.07, 6.45) is 2.55. The Kier molecular flexibility index (Phi) is 3.43. The number of rotatable bonds is 4.